The SMILES string of the molecule is O=C1OC[C@@H]2[C@H](c3ccccc3)[C@@]12NS(=O)(=O)c1ccc(-c2cc(C(F)(F)F)on2)s1. The summed E-state index contributed by atoms with van der Waals surface area (Å²) in [5, 5.41) is 3.36. The minimum atomic E-state index is -4.70. The highest BCUT2D eigenvalue weighted by Crippen LogP contribution is 2.62. The number of cyclic esters (lactones) is 1. The molecule has 1 aliphatic heterocycles. The average molecular weight is 470 g/mol. The van der Waals surface area contributed by atoms with Gasteiger partial charge in [-0.3, -0.25) is 0 Å². The van der Waals surface area contributed by atoms with Crippen LogP contribution in [0.25, 0.3) is 10.6 Å². The van der Waals surface area contributed by atoms with Crippen molar-refractivity contribution in [2.24, 2.45) is 5.92 Å². The number of nitrogens with one attached hydrogen (secondary N) is 1. The molecule has 31 heavy (non-hydrogen) atoms. The van der Waals surface area contributed by atoms with Crippen LogP contribution >= 0.6 is 11.3 Å². The Hall–Kier alpha value is -2.70. The van der Waals surface area contributed by atoms with Crippen LogP contribution < -0.4 is 4.72 Å². The van der Waals surface area contributed by atoms with Crippen LogP contribution in [-0.2, 0) is 25.7 Å². The van der Waals surface area contributed by atoms with Crippen LogP contribution in [0, 0.1) is 5.92 Å². The molecule has 162 valence electrons. The number of thiophene rings is 1. The maximum Gasteiger partial charge on any atom is 0.452 e. The Labute approximate surface area is 177 Å². The molecule has 2 aromatic heterocycles. The number of sulfonamides is 1. The lowest BCUT2D eigenvalue weighted by molar-refractivity contribution is -0.155. The third-order valence-electron chi connectivity index (χ3n) is 5.45. The molecular formula is C19H13F3N2O5S2. The summed E-state index contributed by atoms with van der Waals surface area (Å²) in [5.74, 6) is -2.61. The lowest BCUT2D eigenvalue weighted by Gasteiger charge is -2.15. The van der Waals surface area contributed by atoms with Gasteiger partial charge in [0.15, 0.2) is 0 Å². The van der Waals surface area contributed by atoms with Gasteiger partial charge in [0.25, 0.3) is 10.0 Å². The minimum Gasteiger partial charge on any atom is -0.464 e. The van der Waals surface area contributed by atoms with Crippen molar-refractivity contribution in [2.45, 2.75) is 21.8 Å². The number of hydrogen-bond donors (Lipinski definition) is 1. The summed E-state index contributed by atoms with van der Waals surface area (Å²) < 4.78 is 75.9. The molecule has 2 fully saturated rings. The number of halogens is 3. The van der Waals surface area contributed by atoms with E-state index < -0.39 is 33.5 Å². The Kier molecular flexibility index (Phi) is 4.33. The van der Waals surface area contributed by atoms with Crippen molar-refractivity contribution in [3.05, 3.63) is 59.9 Å². The lowest BCUT2D eigenvalue weighted by Crippen LogP contribution is -2.43. The first kappa shape index (κ1) is 20.2. The first-order valence-electron chi connectivity index (χ1n) is 9.03. The molecule has 0 radical (unpaired) electrons. The van der Waals surface area contributed by atoms with Gasteiger partial charge in [0, 0.05) is 17.9 Å². The number of ether oxygens (including phenoxy) is 1. The fourth-order valence-corrected chi connectivity index (χ4v) is 6.66. The summed E-state index contributed by atoms with van der Waals surface area (Å²) >= 11 is 0.723. The summed E-state index contributed by atoms with van der Waals surface area (Å²) in [6.07, 6.45) is -4.70. The quantitative estimate of drug-likeness (QED) is 0.574. The van der Waals surface area contributed by atoms with Crippen molar-refractivity contribution >= 4 is 27.3 Å². The second-order valence-electron chi connectivity index (χ2n) is 7.26. The number of benzene rings is 1. The Morgan fingerprint density at radius 2 is 1.90 bits per heavy atom. The van der Waals surface area contributed by atoms with Crippen molar-refractivity contribution in [1.29, 1.82) is 0 Å². The summed E-state index contributed by atoms with van der Waals surface area (Å²) in [6, 6.07) is 12.3. The van der Waals surface area contributed by atoms with Gasteiger partial charge in [0.05, 0.1) is 11.5 Å². The standard InChI is InChI=1S/C19H13F3N2O5S2/c20-19(21,22)14-8-12(23-29-14)13-6-7-15(30-13)31(26,27)24-18-11(9-28-17(18)25)16(18)10-4-2-1-3-5-10/h1-8,11,16,24H,9H2/t11-,16+,18-/m1/s1. The smallest absolute Gasteiger partial charge is 0.452 e. The first-order chi connectivity index (χ1) is 14.6. The van der Waals surface area contributed by atoms with Gasteiger partial charge >= 0.3 is 12.1 Å². The molecule has 5 rings (SSSR count). The molecule has 3 aromatic rings. The molecule has 0 unspecified atom stereocenters. The van der Waals surface area contributed by atoms with Gasteiger partial charge in [-0.1, -0.05) is 35.5 Å². The van der Waals surface area contributed by atoms with E-state index in [0.717, 1.165) is 16.9 Å². The number of alkyl halides is 3. The maximum absolute atomic E-state index is 13.0. The molecule has 7 nitrogen and oxygen atoms in total. The number of nitrogens with zero attached hydrogens (tertiary/aromatic N) is 1. The van der Waals surface area contributed by atoms with E-state index in [-0.39, 0.29) is 33.2 Å². The minimum absolute atomic E-state index is 0.107. The number of esters is 1. The highest BCUT2D eigenvalue weighted by molar-refractivity contribution is 7.91. The zero-order valence-corrected chi connectivity index (χ0v) is 17.1. The topological polar surface area (TPSA) is 98.5 Å². The van der Waals surface area contributed by atoms with Crippen molar-refractivity contribution in [3.63, 3.8) is 0 Å². The van der Waals surface area contributed by atoms with E-state index >= 15 is 0 Å². The molecule has 3 heterocycles. The molecule has 1 aromatic carbocycles. The summed E-state index contributed by atoms with van der Waals surface area (Å²) in [7, 11) is -4.16. The highest BCUT2D eigenvalue weighted by Gasteiger charge is 2.76. The molecule has 1 saturated carbocycles. The fourth-order valence-electron chi connectivity index (χ4n) is 3.99. The Morgan fingerprint density at radius 3 is 2.58 bits per heavy atom. The van der Waals surface area contributed by atoms with Crippen LogP contribution in [0.1, 0.15) is 17.2 Å². The number of rotatable bonds is 5. The predicted molar refractivity (Wildman–Crippen MR) is 102 cm³/mol. The van der Waals surface area contributed by atoms with Crippen molar-refractivity contribution < 1.29 is 35.6 Å². The molecule has 1 N–H and O–H groups in total. The number of hydrogen-bond acceptors (Lipinski definition) is 7. The monoisotopic (exact) mass is 470 g/mol. The van der Waals surface area contributed by atoms with Crippen LogP contribution in [0.5, 0.6) is 0 Å². The third-order valence-corrected chi connectivity index (χ3v) is 8.53. The Balaban J connectivity index is 1.43. The van der Waals surface area contributed by atoms with Crippen LogP contribution in [0.15, 0.2) is 57.3 Å². The summed E-state index contributed by atoms with van der Waals surface area (Å²) in [4.78, 5) is 12.7. The maximum atomic E-state index is 13.0. The van der Waals surface area contributed by atoms with Gasteiger partial charge in [-0.25, -0.2) is 13.2 Å². The molecule has 1 aliphatic carbocycles. The zero-order chi connectivity index (χ0) is 22.0. The van der Waals surface area contributed by atoms with E-state index in [2.05, 4.69) is 14.4 Å². The van der Waals surface area contributed by atoms with Gasteiger partial charge in [0.2, 0.25) is 5.76 Å². The van der Waals surface area contributed by atoms with Crippen molar-refractivity contribution in [3.8, 4) is 10.6 Å². The van der Waals surface area contributed by atoms with E-state index in [4.69, 9.17) is 4.74 Å². The second kappa shape index (κ2) is 6.65. The van der Waals surface area contributed by atoms with Crippen LogP contribution in [0.2, 0.25) is 0 Å². The molecular weight excluding hydrogens is 457 g/mol. The van der Waals surface area contributed by atoms with Gasteiger partial charge in [-0.2, -0.15) is 17.9 Å². The number of carbonyl (C=O) groups excluding carboxylic acids is 1. The largest absolute Gasteiger partial charge is 0.464 e. The van der Waals surface area contributed by atoms with E-state index in [9.17, 15) is 26.4 Å². The molecule has 0 spiro atoms. The number of fused-ring (bicyclic) bond motifs is 1. The first-order valence-corrected chi connectivity index (χ1v) is 11.3. The normalized spacial score (nSPS) is 25.3. The van der Waals surface area contributed by atoms with Crippen LogP contribution in [-0.4, -0.2) is 31.7 Å². The summed E-state index contributed by atoms with van der Waals surface area (Å²) in [5.41, 5.74) is -0.702. The zero-order valence-electron chi connectivity index (χ0n) is 15.4. The Morgan fingerprint density at radius 1 is 1.16 bits per heavy atom. The number of aromatic nitrogens is 1. The molecule has 0 amide bonds. The third kappa shape index (κ3) is 3.17. The second-order valence-corrected chi connectivity index (χ2v) is 10.3. The van der Waals surface area contributed by atoms with Gasteiger partial charge in [-0.05, 0) is 17.7 Å². The fraction of sp³-hybridized carbons (Fsp3) is 0.263. The molecule has 1 saturated heterocycles. The molecule has 0 bridgehead atoms. The van der Waals surface area contributed by atoms with Gasteiger partial charge in [-0.15, -0.1) is 11.3 Å². The summed E-state index contributed by atoms with van der Waals surface area (Å²) in [6.45, 7) is 0.107. The van der Waals surface area contributed by atoms with E-state index in [0.29, 0.717) is 6.07 Å². The predicted octanol–water partition coefficient (Wildman–Crippen LogP) is 3.41. The van der Waals surface area contributed by atoms with Crippen LogP contribution in [0.3, 0.4) is 0 Å². The Bertz CT molecular complexity index is 1270. The number of carbonyl (C=O) groups is 1. The van der Waals surface area contributed by atoms with Gasteiger partial charge < -0.3 is 9.26 Å². The lowest BCUT2D eigenvalue weighted by atomic mass is 10.1. The molecule has 12 heteroatoms. The van der Waals surface area contributed by atoms with E-state index in [1.165, 1.54) is 12.1 Å². The molecule has 3 atom stereocenters. The van der Waals surface area contributed by atoms with E-state index in [1.54, 1.807) is 12.1 Å². The van der Waals surface area contributed by atoms with E-state index in [1.807, 2.05) is 18.2 Å². The highest BCUT2D eigenvalue weighted by atomic mass is 32.2. The van der Waals surface area contributed by atoms with Crippen LogP contribution in [0.4, 0.5) is 13.2 Å². The van der Waals surface area contributed by atoms with Crippen molar-refractivity contribution in [2.75, 3.05) is 6.61 Å². The van der Waals surface area contributed by atoms with Crippen molar-refractivity contribution in [1.82, 2.24) is 9.88 Å². The molecule has 2 aliphatic rings. The van der Waals surface area contributed by atoms with Gasteiger partial charge in [0.1, 0.15) is 15.4 Å². The average Bonchev–Trinajstić information content (AvgIpc) is 3.20.